The number of anilines is 2. The van der Waals surface area contributed by atoms with Crippen LogP contribution in [0.4, 0.5) is 16.2 Å². The van der Waals surface area contributed by atoms with E-state index in [0.29, 0.717) is 34.6 Å². The monoisotopic (exact) mass is 443 g/mol. The second-order valence-corrected chi connectivity index (χ2v) is 7.74. The third-order valence-electron chi connectivity index (χ3n) is 5.37. The highest BCUT2D eigenvalue weighted by Crippen LogP contribution is 2.19. The molecule has 1 fully saturated rings. The Labute approximate surface area is 192 Å². The molecule has 1 heterocycles. The Morgan fingerprint density at radius 3 is 2.09 bits per heavy atom. The summed E-state index contributed by atoms with van der Waals surface area (Å²) in [5.41, 5.74) is 2.29. The molecule has 168 valence electrons. The van der Waals surface area contributed by atoms with Crippen LogP contribution in [0, 0.1) is 0 Å². The Bertz CT molecular complexity index is 1120. The van der Waals surface area contributed by atoms with Gasteiger partial charge in [-0.25, -0.2) is 4.79 Å². The minimum Gasteiger partial charge on any atom is -0.376 e. The highest BCUT2D eigenvalue weighted by atomic mass is 16.5. The van der Waals surface area contributed by atoms with Crippen LogP contribution in [0.1, 0.15) is 39.1 Å². The molecule has 1 atom stereocenters. The highest BCUT2D eigenvalue weighted by Gasteiger charge is 2.18. The molecule has 0 spiro atoms. The van der Waals surface area contributed by atoms with Gasteiger partial charge in [-0.3, -0.25) is 9.59 Å². The van der Waals surface area contributed by atoms with Gasteiger partial charge in [-0.15, -0.1) is 0 Å². The van der Waals surface area contributed by atoms with E-state index in [-0.39, 0.29) is 23.8 Å². The number of nitrogens with one attached hydrogen (secondary N) is 3. The lowest BCUT2D eigenvalue weighted by Gasteiger charge is -2.12. The molecule has 3 aromatic carbocycles. The zero-order valence-electron chi connectivity index (χ0n) is 18.0. The molecule has 3 aromatic rings. The summed E-state index contributed by atoms with van der Waals surface area (Å²) in [4.78, 5) is 37.8. The molecule has 4 rings (SSSR count). The molecule has 1 aliphatic heterocycles. The molecule has 3 N–H and O–H groups in total. The number of hydrogen-bond donors (Lipinski definition) is 3. The maximum absolute atomic E-state index is 12.9. The van der Waals surface area contributed by atoms with Gasteiger partial charge in [-0.1, -0.05) is 48.5 Å². The number of ether oxygens (including phenoxy) is 1. The number of urea groups is 1. The lowest BCUT2D eigenvalue weighted by molar-refractivity contribution is 0.0996. The summed E-state index contributed by atoms with van der Waals surface area (Å²) in [6.45, 7) is 1.22. The van der Waals surface area contributed by atoms with E-state index in [1.807, 2.05) is 6.07 Å². The Balaban J connectivity index is 1.37. The minimum absolute atomic E-state index is 0.0741. The van der Waals surface area contributed by atoms with Gasteiger partial charge in [-0.2, -0.15) is 0 Å². The number of hydrogen-bond acceptors (Lipinski definition) is 4. The van der Waals surface area contributed by atoms with Crippen LogP contribution in [0.2, 0.25) is 0 Å². The van der Waals surface area contributed by atoms with Crippen LogP contribution in [0.25, 0.3) is 0 Å². The molecular formula is C26H25N3O4. The topological polar surface area (TPSA) is 96.5 Å². The highest BCUT2D eigenvalue weighted by molar-refractivity contribution is 6.17. The number of carbonyl (C=O) groups excluding carboxylic acids is 3. The van der Waals surface area contributed by atoms with Crippen LogP contribution in [-0.2, 0) is 4.74 Å². The number of amides is 3. The number of rotatable bonds is 7. The van der Waals surface area contributed by atoms with E-state index in [1.165, 1.54) is 0 Å². The fraction of sp³-hybridized carbons (Fsp3) is 0.192. The van der Waals surface area contributed by atoms with Crippen molar-refractivity contribution in [1.29, 1.82) is 0 Å². The van der Waals surface area contributed by atoms with Gasteiger partial charge < -0.3 is 20.7 Å². The van der Waals surface area contributed by atoms with E-state index in [2.05, 4.69) is 16.0 Å². The molecule has 33 heavy (non-hydrogen) atoms. The molecule has 7 nitrogen and oxygen atoms in total. The second kappa shape index (κ2) is 10.6. The van der Waals surface area contributed by atoms with Crippen LogP contribution < -0.4 is 16.0 Å². The summed E-state index contributed by atoms with van der Waals surface area (Å²) in [6, 6.07) is 22.0. The first-order valence-electron chi connectivity index (χ1n) is 10.9. The molecule has 7 heteroatoms. The molecule has 0 saturated carbocycles. The van der Waals surface area contributed by atoms with Crippen LogP contribution in [0.15, 0.2) is 78.9 Å². The molecule has 1 unspecified atom stereocenters. The Hall–Kier alpha value is -3.97. The van der Waals surface area contributed by atoms with Gasteiger partial charge in [0.05, 0.1) is 11.7 Å². The van der Waals surface area contributed by atoms with E-state index < -0.39 is 0 Å². The third kappa shape index (κ3) is 5.84. The zero-order chi connectivity index (χ0) is 23.0. The van der Waals surface area contributed by atoms with E-state index in [9.17, 15) is 14.4 Å². The first kappa shape index (κ1) is 22.2. The fourth-order valence-electron chi connectivity index (χ4n) is 3.65. The van der Waals surface area contributed by atoms with Crippen molar-refractivity contribution in [3.8, 4) is 0 Å². The molecule has 3 amide bonds. The van der Waals surface area contributed by atoms with Gasteiger partial charge in [0.2, 0.25) is 0 Å². The summed E-state index contributed by atoms with van der Waals surface area (Å²) < 4.78 is 5.49. The smallest absolute Gasteiger partial charge is 0.319 e. The van der Waals surface area contributed by atoms with E-state index in [4.69, 9.17) is 4.74 Å². The fourth-order valence-corrected chi connectivity index (χ4v) is 3.65. The Morgan fingerprint density at radius 1 is 0.788 bits per heavy atom. The van der Waals surface area contributed by atoms with Gasteiger partial charge in [0.15, 0.2) is 5.78 Å². The second-order valence-electron chi connectivity index (χ2n) is 7.74. The lowest BCUT2D eigenvalue weighted by Crippen LogP contribution is -2.35. The maximum Gasteiger partial charge on any atom is 0.319 e. The van der Waals surface area contributed by atoms with Crippen molar-refractivity contribution in [2.75, 3.05) is 23.8 Å². The van der Waals surface area contributed by atoms with Crippen molar-refractivity contribution >= 4 is 29.1 Å². The molecular weight excluding hydrogens is 418 g/mol. The Kier molecular flexibility index (Phi) is 7.12. The van der Waals surface area contributed by atoms with Gasteiger partial charge in [0.25, 0.3) is 5.91 Å². The van der Waals surface area contributed by atoms with Crippen molar-refractivity contribution < 1.29 is 19.1 Å². The van der Waals surface area contributed by atoms with E-state index in [1.54, 1.807) is 72.8 Å². The normalized spacial score (nSPS) is 15.0. The quantitative estimate of drug-likeness (QED) is 0.470. The van der Waals surface area contributed by atoms with Gasteiger partial charge in [0, 0.05) is 35.7 Å². The zero-order valence-corrected chi connectivity index (χ0v) is 18.0. The van der Waals surface area contributed by atoms with Gasteiger partial charge in [0.1, 0.15) is 0 Å². The summed E-state index contributed by atoms with van der Waals surface area (Å²) in [5, 5.41) is 8.36. The molecule has 0 radical (unpaired) electrons. The number of ketones is 1. The number of benzene rings is 3. The Morgan fingerprint density at radius 2 is 1.42 bits per heavy atom. The average molecular weight is 444 g/mol. The van der Waals surface area contributed by atoms with Crippen LogP contribution in [0.3, 0.4) is 0 Å². The van der Waals surface area contributed by atoms with Crippen LogP contribution >= 0.6 is 0 Å². The van der Waals surface area contributed by atoms with Crippen molar-refractivity contribution in [1.82, 2.24) is 5.32 Å². The van der Waals surface area contributed by atoms with Crippen molar-refractivity contribution in [3.63, 3.8) is 0 Å². The summed E-state index contributed by atoms with van der Waals surface area (Å²) in [7, 11) is 0. The third-order valence-corrected chi connectivity index (χ3v) is 5.37. The molecule has 1 aliphatic rings. The van der Waals surface area contributed by atoms with Gasteiger partial charge in [-0.05, 0) is 43.2 Å². The maximum atomic E-state index is 12.9. The molecule has 0 aliphatic carbocycles. The predicted octanol–water partition coefficient (Wildman–Crippen LogP) is 4.47. The summed E-state index contributed by atoms with van der Waals surface area (Å²) >= 11 is 0. The predicted molar refractivity (Wildman–Crippen MR) is 127 cm³/mol. The standard InChI is InChI=1S/C26H25N3O4/c30-24(18-7-2-1-3-8-18)22-10-4-5-11-23(22)25(31)28-19-12-14-20(15-13-19)29-26(32)27-17-21-9-6-16-33-21/h1-5,7-8,10-15,21H,6,9,16-17H2,(H,28,31)(H2,27,29,32). The minimum atomic E-state index is -0.384. The summed E-state index contributed by atoms with van der Waals surface area (Å²) in [6.07, 6.45) is 2.05. The first-order chi connectivity index (χ1) is 16.1. The largest absolute Gasteiger partial charge is 0.376 e. The van der Waals surface area contributed by atoms with Crippen molar-refractivity contribution in [2.24, 2.45) is 0 Å². The molecule has 1 saturated heterocycles. The summed E-state index contributed by atoms with van der Waals surface area (Å²) in [5.74, 6) is -0.597. The number of carbonyl (C=O) groups is 3. The average Bonchev–Trinajstić information content (AvgIpc) is 3.38. The van der Waals surface area contributed by atoms with E-state index in [0.717, 1.165) is 19.4 Å². The molecule has 0 bridgehead atoms. The van der Waals surface area contributed by atoms with Crippen LogP contribution in [-0.4, -0.2) is 37.0 Å². The van der Waals surface area contributed by atoms with Gasteiger partial charge >= 0.3 is 6.03 Å². The van der Waals surface area contributed by atoms with E-state index >= 15 is 0 Å². The first-order valence-corrected chi connectivity index (χ1v) is 10.9. The van der Waals surface area contributed by atoms with Crippen molar-refractivity contribution in [2.45, 2.75) is 18.9 Å². The van der Waals surface area contributed by atoms with Crippen LogP contribution in [0.5, 0.6) is 0 Å². The molecule has 0 aromatic heterocycles. The SMILES string of the molecule is O=C(NCC1CCCO1)Nc1ccc(NC(=O)c2ccccc2C(=O)c2ccccc2)cc1. The van der Waals surface area contributed by atoms with Crippen molar-refractivity contribution in [3.05, 3.63) is 95.6 Å². The lowest BCUT2D eigenvalue weighted by atomic mass is 9.98.